The molecule has 0 fully saturated rings. The van der Waals surface area contributed by atoms with Crippen LogP contribution < -0.4 is 0 Å². The second-order valence-corrected chi connectivity index (χ2v) is 4.97. The van der Waals surface area contributed by atoms with Gasteiger partial charge in [-0.2, -0.15) is 5.10 Å². The monoisotopic (exact) mass is 282 g/mol. The zero-order valence-corrected chi connectivity index (χ0v) is 11.7. The standard InChI is InChI=1S/C14H16ClFN2O/c1-3-4-18-13(12(15)8-17-18)14(19)10-5-9(2)6-11(16)7-10/h5-8,14,19H,3-4H2,1-2H3. The molecule has 5 heteroatoms. The Balaban J connectivity index is 2.43. The number of aromatic nitrogens is 2. The number of aliphatic hydroxyl groups excluding tert-OH is 1. The van der Waals surface area contributed by atoms with E-state index in [0.717, 1.165) is 12.0 Å². The predicted octanol–water partition coefficient (Wildman–Crippen LogP) is 3.48. The van der Waals surface area contributed by atoms with Gasteiger partial charge in [-0.3, -0.25) is 4.68 Å². The zero-order chi connectivity index (χ0) is 14.0. The van der Waals surface area contributed by atoms with Crippen LogP contribution in [0.1, 0.15) is 36.3 Å². The number of hydrogen-bond acceptors (Lipinski definition) is 2. The lowest BCUT2D eigenvalue weighted by atomic mass is 10.0. The third-order valence-corrected chi connectivity index (χ3v) is 3.20. The molecule has 0 radical (unpaired) electrons. The number of benzene rings is 1. The highest BCUT2D eigenvalue weighted by Crippen LogP contribution is 2.29. The van der Waals surface area contributed by atoms with Crippen LogP contribution in [0.5, 0.6) is 0 Å². The molecule has 102 valence electrons. The van der Waals surface area contributed by atoms with Gasteiger partial charge < -0.3 is 5.11 Å². The van der Waals surface area contributed by atoms with E-state index in [1.54, 1.807) is 17.7 Å². The van der Waals surface area contributed by atoms with Gasteiger partial charge >= 0.3 is 0 Å². The number of rotatable bonds is 4. The third-order valence-electron chi connectivity index (χ3n) is 2.91. The average molecular weight is 283 g/mol. The minimum absolute atomic E-state index is 0.369. The van der Waals surface area contributed by atoms with E-state index in [4.69, 9.17) is 11.6 Å². The molecule has 0 aliphatic rings. The number of hydrogen-bond donors (Lipinski definition) is 1. The van der Waals surface area contributed by atoms with E-state index < -0.39 is 6.10 Å². The third kappa shape index (κ3) is 2.96. The molecule has 0 spiro atoms. The molecule has 2 rings (SSSR count). The van der Waals surface area contributed by atoms with Crippen LogP contribution >= 0.6 is 11.6 Å². The van der Waals surface area contributed by atoms with Gasteiger partial charge in [0.2, 0.25) is 0 Å². The molecular formula is C14H16ClFN2O. The van der Waals surface area contributed by atoms with Crippen LogP contribution in [0.25, 0.3) is 0 Å². The van der Waals surface area contributed by atoms with Gasteiger partial charge in [0.05, 0.1) is 16.9 Å². The summed E-state index contributed by atoms with van der Waals surface area (Å²) in [5, 5.41) is 14.9. The van der Waals surface area contributed by atoms with Crippen LogP contribution in [-0.2, 0) is 6.54 Å². The molecule has 1 heterocycles. The summed E-state index contributed by atoms with van der Waals surface area (Å²) in [5.41, 5.74) is 1.75. The number of nitrogens with zero attached hydrogens (tertiary/aromatic N) is 2. The highest BCUT2D eigenvalue weighted by Gasteiger charge is 2.20. The van der Waals surface area contributed by atoms with Gasteiger partial charge in [-0.25, -0.2) is 4.39 Å². The summed E-state index contributed by atoms with van der Waals surface area (Å²) in [6, 6.07) is 4.48. The summed E-state index contributed by atoms with van der Waals surface area (Å²) in [6.45, 7) is 4.45. The van der Waals surface area contributed by atoms with E-state index in [0.29, 0.717) is 22.8 Å². The lowest BCUT2D eigenvalue weighted by Crippen LogP contribution is -2.11. The molecule has 0 bridgehead atoms. The molecule has 0 aliphatic heterocycles. The molecule has 3 nitrogen and oxygen atoms in total. The van der Waals surface area contributed by atoms with E-state index >= 15 is 0 Å². The Kier molecular flexibility index (Phi) is 4.22. The summed E-state index contributed by atoms with van der Waals surface area (Å²) in [7, 11) is 0. The maximum absolute atomic E-state index is 13.4. The number of halogens is 2. The quantitative estimate of drug-likeness (QED) is 0.932. The minimum Gasteiger partial charge on any atom is -0.382 e. The maximum atomic E-state index is 13.4. The summed E-state index contributed by atoms with van der Waals surface area (Å²) in [4.78, 5) is 0. The Hall–Kier alpha value is -1.39. The lowest BCUT2D eigenvalue weighted by Gasteiger charge is -2.15. The fourth-order valence-corrected chi connectivity index (χ4v) is 2.36. The first kappa shape index (κ1) is 14.0. The average Bonchev–Trinajstić information content (AvgIpc) is 2.69. The van der Waals surface area contributed by atoms with Crippen LogP contribution in [0.3, 0.4) is 0 Å². The summed E-state index contributed by atoms with van der Waals surface area (Å²) >= 11 is 6.07. The smallest absolute Gasteiger partial charge is 0.123 e. The van der Waals surface area contributed by atoms with Crippen molar-refractivity contribution in [1.29, 1.82) is 0 Å². The van der Waals surface area contributed by atoms with Crippen LogP contribution in [0.4, 0.5) is 4.39 Å². The summed E-state index contributed by atoms with van der Waals surface area (Å²) < 4.78 is 15.1. The molecule has 0 aliphatic carbocycles. The Morgan fingerprint density at radius 2 is 2.16 bits per heavy atom. The van der Waals surface area contributed by atoms with Crippen molar-refractivity contribution in [2.75, 3.05) is 0 Å². The van der Waals surface area contributed by atoms with E-state index in [1.165, 1.54) is 18.3 Å². The summed E-state index contributed by atoms with van der Waals surface area (Å²) in [5.74, 6) is -0.369. The molecule has 1 N–H and O–H groups in total. The van der Waals surface area contributed by atoms with Gasteiger partial charge in [-0.15, -0.1) is 0 Å². The molecule has 2 aromatic rings. The molecule has 0 saturated heterocycles. The molecule has 0 amide bonds. The highest BCUT2D eigenvalue weighted by molar-refractivity contribution is 6.31. The van der Waals surface area contributed by atoms with E-state index in [-0.39, 0.29) is 5.82 Å². The topological polar surface area (TPSA) is 38.0 Å². The zero-order valence-electron chi connectivity index (χ0n) is 10.9. The number of aryl methyl sites for hydroxylation is 2. The Morgan fingerprint density at radius 1 is 1.42 bits per heavy atom. The fourth-order valence-electron chi connectivity index (χ4n) is 2.11. The molecule has 1 atom stereocenters. The van der Waals surface area contributed by atoms with Crippen LogP contribution in [0.2, 0.25) is 5.02 Å². The van der Waals surface area contributed by atoms with Crippen molar-refractivity contribution in [1.82, 2.24) is 9.78 Å². The van der Waals surface area contributed by atoms with E-state index in [1.807, 2.05) is 6.92 Å². The molecule has 0 saturated carbocycles. The fraction of sp³-hybridized carbons (Fsp3) is 0.357. The van der Waals surface area contributed by atoms with E-state index in [2.05, 4.69) is 5.10 Å². The minimum atomic E-state index is -0.976. The number of aliphatic hydroxyl groups is 1. The summed E-state index contributed by atoms with van der Waals surface area (Å²) in [6.07, 6.45) is 1.40. The molecule has 1 aromatic heterocycles. The van der Waals surface area contributed by atoms with Crippen molar-refractivity contribution < 1.29 is 9.50 Å². The Labute approximate surface area is 116 Å². The van der Waals surface area contributed by atoms with Crippen molar-refractivity contribution in [3.8, 4) is 0 Å². The largest absolute Gasteiger partial charge is 0.382 e. The van der Waals surface area contributed by atoms with Crippen LogP contribution in [0, 0.1) is 12.7 Å². The van der Waals surface area contributed by atoms with E-state index in [9.17, 15) is 9.50 Å². The van der Waals surface area contributed by atoms with Gasteiger partial charge in [-0.1, -0.05) is 24.6 Å². The molecular weight excluding hydrogens is 267 g/mol. The first-order chi connectivity index (χ1) is 9.02. The highest BCUT2D eigenvalue weighted by atomic mass is 35.5. The lowest BCUT2D eigenvalue weighted by molar-refractivity contribution is 0.207. The van der Waals surface area contributed by atoms with Gasteiger partial charge in [0.1, 0.15) is 11.9 Å². The SMILES string of the molecule is CCCn1ncc(Cl)c1C(O)c1cc(C)cc(F)c1. The maximum Gasteiger partial charge on any atom is 0.123 e. The van der Waals surface area contributed by atoms with Gasteiger partial charge in [0.15, 0.2) is 0 Å². The van der Waals surface area contributed by atoms with Gasteiger partial charge in [0, 0.05) is 6.54 Å². The predicted molar refractivity (Wildman–Crippen MR) is 72.7 cm³/mol. The Bertz CT molecular complexity index is 563. The second kappa shape index (κ2) is 5.72. The van der Waals surface area contributed by atoms with Crippen molar-refractivity contribution in [3.63, 3.8) is 0 Å². The van der Waals surface area contributed by atoms with Crippen molar-refractivity contribution in [2.24, 2.45) is 0 Å². The van der Waals surface area contributed by atoms with Crippen molar-refractivity contribution in [3.05, 3.63) is 52.1 Å². The molecule has 19 heavy (non-hydrogen) atoms. The normalized spacial score (nSPS) is 12.7. The van der Waals surface area contributed by atoms with Crippen LogP contribution in [-0.4, -0.2) is 14.9 Å². The van der Waals surface area contributed by atoms with Gasteiger partial charge in [-0.05, 0) is 36.6 Å². The second-order valence-electron chi connectivity index (χ2n) is 4.57. The first-order valence-corrected chi connectivity index (χ1v) is 6.57. The van der Waals surface area contributed by atoms with Crippen molar-refractivity contribution >= 4 is 11.6 Å². The van der Waals surface area contributed by atoms with Crippen molar-refractivity contribution in [2.45, 2.75) is 32.9 Å². The van der Waals surface area contributed by atoms with Crippen LogP contribution in [0.15, 0.2) is 24.4 Å². The Morgan fingerprint density at radius 3 is 2.79 bits per heavy atom. The first-order valence-electron chi connectivity index (χ1n) is 6.19. The molecule has 1 unspecified atom stereocenters. The molecule has 1 aromatic carbocycles. The van der Waals surface area contributed by atoms with Gasteiger partial charge in [0.25, 0.3) is 0 Å².